The Kier molecular flexibility index (Phi) is 3.04. The van der Waals surface area contributed by atoms with E-state index in [1.807, 2.05) is 0 Å². The third kappa shape index (κ3) is 3.89. The molecule has 0 fully saturated rings. The topological polar surface area (TPSA) is 9.23 Å². The van der Waals surface area contributed by atoms with Crippen molar-refractivity contribution in [2.45, 2.75) is 13.8 Å². The zero-order valence-electron chi connectivity index (χ0n) is 3.99. The van der Waals surface area contributed by atoms with Gasteiger partial charge in [0.1, 0.15) is 0 Å². The lowest BCUT2D eigenvalue weighted by molar-refractivity contribution is 0.0811. The van der Waals surface area contributed by atoms with Gasteiger partial charge in [0.25, 0.3) is 6.36 Å². The van der Waals surface area contributed by atoms with Crippen molar-refractivity contribution in [1.82, 2.24) is 0 Å². The highest BCUT2D eigenvalue weighted by molar-refractivity contribution is 4.45. The third-order valence-corrected chi connectivity index (χ3v) is 0.343. The van der Waals surface area contributed by atoms with Gasteiger partial charge < -0.3 is 4.74 Å². The second-order valence-electron chi connectivity index (χ2n) is 0.903. The molecule has 0 amide bonds. The largest absolute Gasteiger partial charge is 0.342 e. The summed E-state index contributed by atoms with van der Waals surface area (Å²) in [6, 6.07) is 0. The molecule has 2 heteroatoms. The molecule has 0 heterocycles. The van der Waals surface area contributed by atoms with E-state index in [1.54, 1.807) is 6.92 Å². The molecule has 0 rings (SSSR count). The first-order chi connectivity index (χ1) is 2.77. The maximum absolute atomic E-state index is 11.4. The summed E-state index contributed by atoms with van der Waals surface area (Å²) in [4.78, 5) is 0. The highest BCUT2D eigenvalue weighted by atomic mass is 19.1. The standard InChI is InChI=1S/C4H8FO/c1-3-6-4(2)5/h3H2,1-2H3. The molecule has 0 aliphatic heterocycles. The van der Waals surface area contributed by atoms with Crippen LogP contribution < -0.4 is 0 Å². The van der Waals surface area contributed by atoms with Gasteiger partial charge in [-0.05, 0) is 6.92 Å². The first-order valence-electron chi connectivity index (χ1n) is 1.89. The Morgan fingerprint density at radius 1 is 1.83 bits per heavy atom. The summed E-state index contributed by atoms with van der Waals surface area (Å²) in [6.45, 7) is 3.44. The molecule has 0 unspecified atom stereocenters. The first kappa shape index (κ1) is 5.89. The predicted molar refractivity (Wildman–Crippen MR) is 21.7 cm³/mol. The molecule has 0 saturated carbocycles. The fourth-order valence-corrected chi connectivity index (χ4v) is 0.199. The molecule has 0 aliphatic rings. The number of rotatable bonds is 2. The van der Waals surface area contributed by atoms with E-state index in [0.717, 1.165) is 0 Å². The van der Waals surface area contributed by atoms with E-state index in [-0.39, 0.29) is 0 Å². The minimum absolute atomic E-state index is 0.419. The molecule has 1 radical (unpaired) electrons. The molecule has 37 valence electrons. The summed E-state index contributed by atoms with van der Waals surface area (Å²) in [5.41, 5.74) is 0. The van der Waals surface area contributed by atoms with Crippen molar-refractivity contribution in [2.75, 3.05) is 6.61 Å². The predicted octanol–water partition coefficient (Wildman–Crippen LogP) is 1.50. The smallest absolute Gasteiger partial charge is 0.265 e. The molecule has 0 saturated heterocycles. The fourth-order valence-electron chi connectivity index (χ4n) is 0.199. The highest BCUT2D eigenvalue weighted by Gasteiger charge is 1.92. The number of hydrogen-bond acceptors (Lipinski definition) is 1. The Morgan fingerprint density at radius 3 is 2.33 bits per heavy atom. The second kappa shape index (κ2) is 3.09. The van der Waals surface area contributed by atoms with Crippen LogP contribution in [0, 0.1) is 6.36 Å². The lowest BCUT2D eigenvalue weighted by atomic mass is 10.8. The second-order valence-corrected chi connectivity index (χ2v) is 0.903. The summed E-state index contributed by atoms with van der Waals surface area (Å²) in [5.74, 6) is 0. The van der Waals surface area contributed by atoms with Crippen molar-refractivity contribution in [1.29, 1.82) is 0 Å². The van der Waals surface area contributed by atoms with Crippen LogP contribution in [-0.2, 0) is 4.74 Å². The Labute approximate surface area is 37.1 Å². The van der Waals surface area contributed by atoms with Crippen molar-refractivity contribution < 1.29 is 9.13 Å². The minimum atomic E-state index is -0.461. The van der Waals surface area contributed by atoms with Crippen LogP contribution in [0.5, 0.6) is 0 Å². The minimum Gasteiger partial charge on any atom is -0.342 e. The molecular weight excluding hydrogens is 83.0 g/mol. The molecule has 0 aliphatic carbocycles. The Morgan fingerprint density at radius 2 is 2.33 bits per heavy atom. The summed E-state index contributed by atoms with van der Waals surface area (Å²) in [7, 11) is 0. The summed E-state index contributed by atoms with van der Waals surface area (Å²) >= 11 is 0. The van der Waals surface area contributed by atoms with Crippen molar-refractivity contribution in [2.24, 2.45) is 0 Å². The van der Waals surface area contributed by atoms with Gasteiger partial charge in [0.05, 0.1) is 0 Å². The monoisotopic (exact) mass is 91.1 g/mol. The van der Waals surface area contributed by atoms with E-state index in [4.69, 9.17) is 0 Å². The van der Waals surface area contributed by atoms with Crippen LogP contribution in [0.3, 0.4) is 0 Å². The molecule has 0 atom stereocenters. The molecule has 0 bridgehead atoms. The van der Waals surface area contributed by atoms with Gasteiger partial charge in [0.15, 0.2) is 0 Å². The van der Waals surface area contributed by atoms with Crippen molar-refractivity contribution >= 4 is 0 Å². The van der Waals surface area contributed by atoms with Crippen molar-refractivity contribution in [3.05, 3.63) is 6.36 Å². The highest BCUT2D eigenvalue weighted by Crippen LogP contribution is 1.98. The van der Waals surface area contributed by atoms with Gasteiger partial charge in [-0.1, -0.05) is 0 Å². The SMILES string of the molecule is CCO[C](C)F. The normalized spacial score (nSPS) is 10.0. The van der Waals surface area contributed by atoms with Crippen LogP contribution in [-0.4, -0.2) is 6.61 Å². The third-order valence-electron chi connectivity index (χ3n) is 0.343. The molecule has 1 nitrogen and oxygen atoms in total. The zero-order valence-corrected chi connectivity index (χ0v) is 3.99. The fraction of sp³-hybridized carbons (Fsp3) is 0.750. The molecule has 0 aromatic heterocycles. The maximum atomic E-state index is 11.4. The van der Waals surface area contributed by atoms with Gasteiger partial charge in [0, 0.05) is 13.5 Å². The molecule has 0 aromatic rings. The van der Waals surface area contributed by atoms with Gasteiger partial charge in [0.2, 0.25) is 0 Å². The molecule has 0 spiro atoms. The summed E-state index contributed by atoms with van der Waals surface area (Å²) in [6.07, 6.45) is -0.461. The molecule has 0 aromatic carbocycles. The number of hydrogen-bond donors (Lipinski definition) is 0. The first-order valence-corrected chi connectivity index (χ1v) is 1.89. The molecular formula is C4H8FO. The van der Waals surface area contributed by atoms with Crippen molar-refractivity contribution in [3.8, 4) is 0 Å². The molecule has 0 N–H and O–H groups in total. The van der Waals surface area contributed by atoms with Crippen LogP contribution in [0.25, 0.3) is 0 Å². The lowest BCUT2D eigenvalue weighted by Gasteiger charge is -1.93. The van der Waals surface area contributed by atoms with Crippen LogP contribution in [0.1, 0.15) is 13.8 Å². The van der Waals surface area contributed by atoms with Gasteiger partial charge in [-0.15, -0.1) is 0 Å². The van der Waals surface area contributed by atoms with E-state index in [9.17, 15) is 4.39 Å². The van der Waals surface area contributed by atoms with Gasteiger partial charge in [-0.2, -0.15) is 0 Å². The Bertz CT molecular complexity index is 28.7. The lowest BCUT2D eigenvalue weighted by Crippen LogP contribution is -1.88. The number of ether oxygens (including phenoxy) is 1. The van der Waals surface area contributed by atoms with E-state index < -0.39 is 6.36 Å². The summed E-state index contributed by atoms with van der Waals surface area (Å²) in [5, 5.41) is 0. The Balaban J connectivity index is 2.63. The number of halogens is 1. The van der Waals surface area contributed by atoms with Crippen LogP contribution in [0.4, 0.5) is 4.39 Å². The summed E-state index contributed by atoms with van der Waals surface area (Å²) < 4.78 is 15.7. The average molecular weight is 91.1 g/mol. The van der Waals surface area contributed by atoms with Crippen LogP contribution in [0.15, 0.2) is 0 Å². The van der Waals surface area contributed by atoms with Gasteiger partial charge >= 0.3 is 0 Å². The van der Waals surface area contributed by atoms with Crippen LogP contribution in [0.2, 0.25) is 0 Å². The van der Waals surface area contributed by atoms with Gasteiger partial charge in [-0.3, -0.25) is 0 Å². The van der Waals surface area contributed by atoms with E-state index >= 15 is 0 Å². The quantitative estimate of drug-likeness (QED) is 0.500. The van der Waals surface area contributed by atoms with Gasteiger partial charge in [-0.25, -0.2) is 4.39 Å². The maximum Gasteiger partial charge on any atom is 0.265 e. The Hall–Kier alpha value is -0.110. The van der Waals surface area contributed by atoms with Crippen LogP contribution >= 0.6 is 0 Å². The zero-order chi connectivity index (χ0) is 4.99. The average Bonchev–Trinajstić information content (AvgIpc) is 1.35. The van der Waals surface area contributed by atoms with Crippen molar-refractivity contribution in [3.63, 3.8) is 0 Å². The molecule has 6 heavy (non-hydrogen) atoms. The van der Waals surface area contributed by atoms with E-state index in [0.29, 0.717) is 6.61 Å². The van der Waals surface area contributed by atoms with E-state index in [1.165, 1.54) is 6.92 Å². The van der Waals surface area contributed by atoms with E-state index in [2.05, 4.69) is 4.74 Å².